The van der Waals surface area contributed by atoms with E-state index in [2.05, 4.69) is 28.5 Å². The van der Waals surface area contributed by atoms with Crippen LogP contribution < -0.4 is 14.8 Å². The molecule has 0 radical (unpaired) electrons. The number of hydrogen-bond donors (Lipinski definition) is 2. The van der Waals surface area contributed by atoms with Gasteiger partial charge in [-0.05, 0) is 55.0 Å². The van der Waals surface area contributed by atoms with Gasteiger partial charge < -0.3 is 29.4 Å². The summed E-state index contributed by atoms with van der Waals surface area (Å²) in [6.07, 6.45) is 3.41. The van der Waals surface area contributed by atoms with Gasteiger partial charge in [-0.1, -0.05) is 24.3 Å². The predicted octanol–water partition coefficient (Wildman–Crippen LogP) is 3.46. The average molecular weight is 506 g/mol. The van der Waals surface area contributed by atoms with Gasteiger partial charge in [-0.15, -0.1) is 0 Å². The van der Waals surface area contributed by atoms with Crippen molar-refractivity contribution in [1.82, 2.24) is 15.2 Å². The Bertz CT molecular complexity index is 1250. The third-order valence-corrected chi connectivity index (χ3v) is 7.25. The van der Waals surface area contributed by atoms with E-state index in [1.54, 1.807) is 12.0 Å². The van der Waals surface area contributed by atoms with Gasteiger partial charge in [-0.25, -0.2) is 0 Å². The fraction of sp³-hybridized carbons (Fsp3) is 0.448. The topological polar surface area (TPSA) is 92.9 Å². The summed E-state index contributed by atoms with van der Waals surface area (Å²) in [5.74, 6) is 1.15. The third kappa shape index (κ3) is 5.91. The lowest BCUT2D eigenvalue weighted by molar-refractivity contribution is -0.142. The van der Waals surface area contributed by atoms with Crippen LogP contribution in [0, 0.1) is 5.92 Å². The highest BCUT2D eigenvalue weighted by Gasteiger charge is 2.27. The highest BCUT2D eigenvalue weighted by atomic mass is 16.5. The number of rotatable bonds is 2. The molecule has 196 valence electrons. The van der Waals surface area contributed by atoms with Crippen LogP contribution in [0.25, 0.3) is 10.9 Å². The zero-order chi connectivity index (χ0) is 25.6. The Labute approximate surface area is 217 Å². The van der Waals surface area contributed by atoms with Crippen LogP contribution in [0.4, 0.5) is 0 Å². The van der Waals surface area contributed by atoms with E-state index in [9.17, 15) is 9.59 Å². The minimum absolute atomic E-state index is 0.0260. The Morgan fingerprint density at radius 3 is 2.78 bits per heavy atom. The van der Waals surface area contributed by atoms with Crippen molar-refractivity contribution >= 4 is 22.7 Å². The number of fused-ring (bicyclic) bond motifs is 5. The number of nitrogens with zero attached hydrogens (tertiary/aromatic N) is 1. The molecule has 1 aromatic heterocycles. The fourth-order valence-corrected chi connectivity index (χ4v) is 5.30. The Kier molecular flexibility index (Phi) is 7.94. The number of nitrogens with one attached hydrogen (secondary N) is 2. The molecule has 2 aliphatic heterocycles. The van der Waals surface area contributed by atoms with Crippen LogP contribution >= 0.6 is 0 Å². The van der Waals surface area contributed by atoms with Crippen molar-refractivity contribution in [3.8, 4) is 11.5 Å². The van der Waals surface area contributed by atoms with Crippen LogP contribution in [0.1, 0.15) is 36.1 Å². The summed E-state index contributed by atoms with van der Waals surface area (Å²) in [5.41, 5.74) is 4.50. The summed E-state index contributed by atoms with van der Waals surface area (Å²) in [7, 11) is 1.64. The summed E-state index contributed by atoms with van der Waals surface area (Å²) in [6, 6.07) is 14.3. The first kappa shape index (κ1) is 25.1. The van der Waals surface area contributed by atoms with E-state index in [1.807, 2.05) is 24.3 Å². The molecule has 2 bridgehead atoms. The molecule has 3 heterocycles. The molecule has 2 N–H and O–H groups in total. The minimum Gasteiger partial charge on any atom is -0.493 e. The van der Waals surface area contributed by atoms with Crippen molar-refractivity contribution in [2.45, 2.75) is 32.1 Å². The van der Waals surface area contributed by atoms with Crippen LogP contribution in [0.5, 0.6) is 11.5 Å². The van der Waals surface area contributed by atoms with Gasteiger partial charge in [0.25, 0.3) is 0 Å². The molecule has 3 aromatic rings. The zero-order valence-electron chi connectivity index (χ0n) is 21.4. The molecule has 8 heteroatoms. The maximum Gasteiger partial charge on any atom is 0.239 e. The number of carbonyl (C=O) groups excluding carboxylic acids is 2. The van der Waals surface area contributed by atoms with Crippen LogP contribution in [0.15, 0.2) is 42.5 Å². The zero-order valence-corrected chi connectivity index (χ0v) is 21.4. The number of amides is 2. The number of benzene rings is 2. The SMILES string of the molecule is COc1ccc2cc1OCCCN(C(=O)C1CCOCC1)CC(=O)NCCc1c([nH]c3ccccc13)C2. The largest absolute Gasteiger partial charge is 0.493 e. The lowest BCUT2D eigenvalue weighted by Crippen LogP contribution is -2.45. The van der Waals surface area contributed by atoms with E-state index in [-0.39, 0.29) is 24.3 Å². The Morgan fingerprint density at radius 2 is 1.95 bits per heavy atom. The Morgan fingerprint density at radius 1 is 1.11 bits per heavy atom. The number of hydrogen-bond acceptors (Lipinski definition) is 5. The molecule has 5 rings (SSSR count). The first-order valence-electron chi connectivity index (χ1n) is 13.1. The van der Waals surface area contributed by atoms with E-state index in [0.717, 1.165) is 22.2 Å². The molecule has 2 amide bonds. The van der Waals surface area contributed by atoms with E-state index in [0.29, 0.717) is 76.5 Å². The summed E-state index contributed by atoms with van der Waals surface area (Å²) < 4.78 is 17.1. The first-order valence-corrected chi connectivity index (χ1v) is 13.1. The molecule has 1 saturated heterocycles. The lowest BCUT2D eigenvalue weighted by Gasteiger charge is -2.29. The van der Waals surface area contributed by atoms with Gasteiger partial charge in [-0.3, -0.25) is 9.59 Å². The third-order valence-electron chi connectivity index (χ3n) is 7.25. The molecule has 0 aliphatic carbocycles. The quantitative estimate of drug-likeness (QED) is 0.557. The maximum absolute atomic E-state index is 13.3. The number of ether oxygens (including phenoxy) is 3. The lowest BCUT2D eigenvalue weighted by atomic mass is 9.98. The Balaban J connectivity index is 1.42. The molecule has 2 aromatic carbocycles. The monoisotopic (exact) mass is 505 g/mol. The van der Waals surface area contributed by atoms with Crippen LogP contribution in [-0.2, 0) is 27.2 Å². The minimum atomic E-state index is -0.137. The van der Waals surface area contributed by atoms with Gasteiger partial charge in [0.1, 0.15) is 0 Å². The van der Waals surface area contributed by atoms with E-state index in [4.69, 9.17) is 14.2 Å². The molecule has 0 saturated carbocycles. The second kappa shape index (κ2) is 11.7. The normalized spacial score (nSPS) is 18.1. The van der Waals surface area contributed by atoms with Crippen molar-refractivity contribution in [3.05, 3.63) is 59.3 Å². The van der Waals surface area contributed by atoms with Gasteiger partial charge in [0.15, 0.2) is 11.5 Å². The van der Waals surface area contributed by atoms with Crippen LogP contribution in [0.3, 0.4) is 0 Å². The van der Waals surface area contributed by atoms with Crippen molar-refractivity contribution in [3.63, 3.8) is 0 Å². The summed E-state index contributed by atoms with van der Waals surface area (Å²) in [6.45, 7) is 2.60. The molecule has 2 aliphatic rings. The number of aromatic amines is 1. The van der Waals surface area contributed by atoms with E-state index >= 15 is 0 Å². The maximum atomic E-state index is 13.3. The van der Waals surface area contributed by atoms with Crippen molar-refractivity contribution in [2.75, 3.05) is 46.6 Å². The highest BCUT2D eigenvalue weighted by Crippen LogP contribution is 2.31. The van der Waals surface area contributed by atoms with E-state index < -0.39 is 0 Å². The van der Waals surface area contributed by atoms with E-state index in [1.165, 1.54) is 5.56 Å². The number of para-hydroxylation sites is 1. The molecule has 1 fully saturated rings. The van der Waals surface area contributed by atoms with Crippen LogP contribution in [0.2, 0.25) is 0 Å². The van der Waals surface area contributed by atoms with Crippen LogP contribution in [-0.4, -0.2) is 68.3 Å². The highest BCUT2D eigenvalue weighted by molar-refractivity contribution is 5.87. The number of carbonyl (C=O) groups is 2. The van der Waals surface area contributed by atoms with Gasteiger partial charge >= 0.3 is 0 Å². The molecular weight excluding hydrogens is 470 g/mol. The van der Waals surface area contributed by atoms with Gasteiger partial charge in [0, 0.05) is 55.2 Å². The summed E-state index contributed by atoms with van der Waals surface area (Å²) >= 11 is 0. The number of aromatic nitrogens is 1. The van der Waals surface area contributed by atoms with Gasteiger partial charge in [0.05, 0.1) is 20.3 Å². The Hall–Kier alpha value is -3.52. The first-order chi connectivity index (χ1) is 18.1. The van der Waals surface area contributed by atoms with Crippen molar-refractivity contribution < 1.29 is 23.8 Å². The van der Waals surface area contributed by atoms with Crippen molar-refractivity contribution in [2.24, 2.45) is 5.92 Å². The summed E-state index contributed by atoms with van der Waals surface area (Å²) in [4.78, 5) is 31.5. The number of H-pyrrole nitrogens is 1. The smallest absolute Gasteiger partial charge is 0.239 e. The second-order valence-corrected chi connectivity index (χ2v) is 9.74. The van der Waals surface area contributed by atoms with Gasteiger partial charge in [-0.2, -0.15) is 0 Å². The predicted molar refractivity (Wildman–Crippen MR) is 141 cm³/mol. The molecule has 8 nitrogen and oxygen atoms in total. The summed E-state index contributed by atoms with van der Waals surface area (Å²) in [5, 5.41) is 4.21. The molecular formula is C29H35N3O5. The number of methoxy groups -OCH3 is 1. The van der Waals surface area contributed by atoms with Gasteiger partial charge in [0.2, 0.25) is 11.8 Å². The second-order valence-electron chi connectivity index (χ2n) is 9.74. The molecule has 0 atom stereocenters. The molecule has 37 heavy (non-hydrogen) atoms. The average Bonchev–Trinajstić information content (AvgIpc) is 3.27. The molecule has 0 spiro atoms. The molecule has 0 unspecified atom stereocenters. The van der Waals surface area contributed by atoms with Crippen molar-refractivity contribution in [1.29, 1.82) is 0 Å². The fourth-order valence-electron chi connectivity index (χ4n) is 5.30. The standard InChI is InChI=1S/C29H35N3O5/c1-35-26-8-7-20-17-25-23(22-5-2-3-6-24(22)31-25)9-12-30-28(33)19-32(13-4-14-37-27(26)18-20)29(34)21-10-15-36-16-11-21/h2-3,5-8,18,21,31H,4,9-17,19H2,1H3,(H,30,33).